The van der Waals surface area contributed by atoms with Crippen molar-refractivity contribution >= 4 is 11.3 Å². The zero-order chi connectivity index (χ0) is 19.9. The van der Waals surface area contributed by atoms with Crippen LogP contribution in [0.15, 0.2) is 36.5 Å². The van der Waals surface area contributed by atoms with Gasteiger partial charge in [-0.1, -0.05) is 0 Å². The Morgan fingerprint density at radius 1 is 1.14 bits per heavy atom. The monoisotopic (exact) mass is 389 g/mol. The Hall–Kier alpha value is -3.15. The molecule has 1 aliphatic heterocycles. The van der Waals surface area contributed by atoms with E-state index in [4.69, 9.17) is 0 Å². The molecular formula is C19H15F4N5. The number of anilines is 1. The van der Waals surface area contributed by atoms with E-state index in [1.54, 1.807) is 6.07 Å². The summed E-state index contributed by atoms with van der Waals surface area (Å²) in [4.78, 5) is 1.95. The molecule has 0 bridgehead atoms. The largest absolute Gasteiger partial charge is 0.417 e. The van der Waals surface area contributed by atoms with Gasteiger partial charge in [0.05, 0.1) is 16.8 Å². The third-order valence-corrected chi connectivity index (χ3v) is 4.96. The molecule has 0 saturated carbocycles. The summed E-state index contributed by atoms with van der Waals surface area (Å²) in [6, 6.07) is 8.31. The fourth-order valence-corrected chi connectivity index (χ4v) is 3.63. The minimum atomic E-state index is -4.45. The van der Waals surface area contributed by atoms with Crippen LogP contribution in [0.1, 0.15) is 35.7 Å². The van der Waals surface area contributed by atoms with Crippen LogP contribution in [0.3, 0.4) is 0 Å². The molecule has 1 aliphatic rings. The van der Waals surface area contributed by atoms with E-state index in [9.17, 15) is 22.8 Å². The van der Waals surface area contributed by atoms with Gasteiger partial charge in [0.1, 0.15) is 17.7 Å². The van der Waals surface area contributed by atoms with Crippen LogP contribution in [-0.4, -0.2) is 27.7 Å². The van der Waals surface area contributed by atoms with E-state index in [1.165, 1.54) is 22.6 Å². The first-order valence-electron chi connectivity index (χ1n) is 8.73. The molecule has 3 aromatic rings. The molecule has 144 valence electrons. The molecule has 0 radical (unpaired) electrons. The molecule has 28 heavy (non-hydrogen) atoms. The molecule has 0 amide bonds. The molecule has 3 heterocycles. The quantitative estimate of drug-likeness (QED) is 0.618. The highest BCUT2D eigenvalue weighted by atomic mass is 19.4. The predicted octanol–water partition coefficient (Wildman–Crippen LogP) is 4.14. The normalized spacial score (nSPS) is 17.7. The first-order valence-corrected chi connectivity index (χ1v) is 8.73. The van der Waals surface area contributed by atoms with Gasteiger partial charge in [0.2, 0.25) is 0 Å². The highest BCUT2D eigenvalue weighted by molar-refractivity contribution is 5.60. The van der Waals surface area contributed by atoms with E-state index in [2.05, 4.69) is 10.2 Å². The number of alkyl halides is 3. The Morgan fingerprint density at radius 3 is 2.71 bits per heavy atom. The number of aromatic nitrogens is 3. The summed E-state index contributed by atoms with van der Waals surface area (Å²) < 4.78 is 54.0. The van der Waals surface area contributed by atoms with E-state index in [1.807, 2.05) is 11.0 Å². The molecule has 2 aromatic heterocycles. The molecule has 5 nitrogen and oxygen atoms in total. The van der Waals surface area contributed by atoms with Gasteiger partial charge in [0.15, 0.2) is 5.65 Å². The minimum Gasteiger partial charge on any atom is -0.370 e. The van der Waals surface area contributed by atoms with Crippen LogP contribution in [0.5, 0.6) is 0 Å². The SMILES string of the molecule is N#Cc1cc(F)ccc1N1CCCC(c2nnc3ccc(C(F)(F)F)cn23)C1. The third-order valence-electron chi connectivity index (χ3n) is 4.96. The molecule has 1 atom stereocenters. The highest BCUT2D eigenvalue weighted by Gasteiger charge is 2.32. The van der Waals surface area contributed by atoms with Crippen LogP contribution in [0.2, 0.25) is 0 Å². The number of hydrogen-bond acceptors (Lipinski definition) is 4. The Bertz CT molecular complexity index is 1070. The van der Waals surface area contributed by atoms with Crippen LogP contribution in [0, 0.1) is 17.1 Å². The molecule has 4 rings (SSSR count). The first kappa shape index (κ1) is 18.2. The molecule has 1 fully saturated rings. The molecule has 1 saturated heterocycles. The molecular weight excluding hydrogens is 374 g/mol. The standard InChI is InChI=1S/C19H15F4N5/c20-15-4-5-16(13(8-15)9-24)27-7-1-2-12(10-27)18-26-25-17-6-3-14(11-28(17)18)19(21,22)23/h3-6,8,11-12H,1-2,7,10H2. The highest BCUT2D eigenvalue weighted by Crippen LogP contribution is 2.33. The summed E-state index contributed by atoms with van der Waals surface area (Å²) in [6.45, 7) is 1.12. The number of fused-ring (bicyclic) bond motifs is 1. The van der Waals surface area contributed by atoms with Gasteiger partial charge in [-0.25, -0.2) is 4.39 Å². The van der Waals surface area contributed by atoms with Gasteiger partial charge < -0.3 is 4.90 Å². The zero-order valence-electron chi connectivity index (χ0n) is 14.6. The summed E-state index contributed by atoms with van der Waals surface area (Å²) in [5, 5.41) is 17.4. The van der Waals surface area contributed by atoms with Gasteiger partial charge in [-0.05, 0) is 43.2 Å². The maximum absolute atomic E-state index is 13.4. The number of pyridine rings is 1. The Balaban J connectivity index is 1.68. The van der Waals surface area contributed by atoms with Crippen molar-refractivity contribution < 1.29 is 17.6 Å². The van der Waals surface area contributed by atoms with E-state index >= 15 is 0 Å². The molecule has 0 N–H and O–H groups in total. The van der Waals surface area contributed by atoms with Crippen LogP contribution in [-0.2, 0) is 6.18 Å². The maximum atomic E-state index is 13.4. The number of benzene rings is 1. The second-order valence-corrected chi connectivity index (χ2v) is 6.76. The van der Waals surface area contributed by atoms with Crippen LogP contribution < -0.4 is 4.90 Å². The van der Waals surface area contributed by atoms with Gasteiger partial charge in [-0.15, -0.1) is 10.2 Å². The summed E-state index contributed by atoms with van der Waals surface area (Å²) in [5.74, 6) is -0.202. The number of hydrogen-bond donors (Lipinski definition) is 0. The smallest absolute Gasteiger partial charge is 0.370 e. The van der Waals surface area contributed by atoms with Crippen molar-refractivity contribution in [3.05, 3.63) is 59.3 Å². The minimum absolute atomic E-state index is 0.163. The van der Waals surface area contributed by atoms with Crippen molar-refractivity contribution in [2.24, 2.45) is 0 Å². The van der Waals surface area contributed by atoms with Crippen molar-refractivity contribution in [2.45, 2.75) is 24.9 Å². The van der Waals surface area contributed by atoms with Gasteiger partial charge in [-0.3, -0.25) is 4.40 Å². The second-order valence-electron chi connectivity index (χ2n) is 6.76. The average Bonchev–Trinajstić information content (AvgIpc) is 3.10. The Morgan fingerprint density at radius 2 is 1.96 bits per heavy atom. The van der Waals surface area contributed by atoms with Crippen LogP contribution >= 0.6 is 0 Å². The predicted molar refractivity (Wildman–Crippen MR) is 93.3 cm³/mol. The Kier molecular flexibility index (Phi) is 4.41. The topological polar surface area (TPSA) is 57.2 Å². The number of nitriles is 1. The Labute approximate surface area is 157 Å². The molecule has 1 aromatic carbocycles. The molecule has 0 spiro atoms. The van der Waals surface area contributed by atoms with E-state index < -0.39 is 17.6 Å². The number of halogens is 4. The average molecular weight is 389 g/mol. The third kappa shape index (κ3) is 3.26. The van der Waals surface area contributed by atoms with Crippen molar-refractivity contribution in [1.29, 1.82) is 5.26 Å². The zero-order valence-corrected chi connectivity index (χ0v) is 14.6. The summed E-state index contributed by atoms with van der Waals surface area (Å²) in [5.41, 5.74) is 0.420. The van der Waals surface area contributed by atoms with Crippen molar-refractivity contribution in [3.8, 4) is 6.07 Å². The van der Waals surface area contributed by atoms with Crippen LogP contribution in [0.4, 0.5) is 23.2 Å². The number of rotatable bonds is 2. The second kappa shape index (κ2) is 6.78. The van der Waals surface area contributed by atoms with Gasteiger partial charge >= 0.3 is 6.18 Å². The first-order chi connectivity index (χ1) is 13.4. The maximum Gasteiger partial charge on any atom is 0.417 e. The summed E-state index contributed by atoms with van der Waals surface area (Å²) >= 11 is 0. The van der Waals surface area contributed by atoms with E-state index in [-0.39, 0.29) is 11.5 Å². The molecule has 1 unspecified atom stereocenters. The number of piperidine rings is 1. The fourth-order valence-electron chi connectivity index (χ4n) is 3.63. The van der Waals surface area contributed by atoms with Gasteiger partial charge in [-0.2, -0.15) is 18.4 Å². The lowest BCUT2D eigenvalue weighted by Gasteiger charge is -2.34. The van der Waals surface area contributed by atoms with Gasteiger partial charge in [0, 0.05) is 25.2 Å². The van der Waals surface area contributed by atoms with Crippen molar-refractivity contribution in [1.82, 2.24) is 14.6 Å². The van der Waals surface area contributed by atoms with E-state index in [0.29, 0.717) is 30.2 Å². The molecule has 9 heteroatoms. The van der Waals surface area contributed by atoms with Crippen molar-refractivity contribution in [2.75, 3.05) is 18.0 Å². The fraction of sp³-hybridized carbons (Fsp3) is 0.316. The lowest BCUT2D eigenvalue weighted by atomic mass is 9.96. The lowest BCUT2D eigenvalue weighted by Crippen LogP contribution is -2.35. The summed E-state index contributed by atoms with van der Waals surface area (Å²) in [6.07, 6.45) is -1.94. The van der Waals surface area contributed by atoms with Gasteiger partial charge in [0.25, 0.3) is 0 Å². The molecule has 0 aliphatic carbocycles. The number of nitrogens with zero attached hydrogens (tertiary/aromatic N) is 5. The van der Waals surface area contributed by atoms with E-state index in [0.717, 1.165) is 25.1 Å². The van der Waals surface area contributed by atoms with Crippen molar-refractivity contribution in [3.63, 3.8) is 0 Å². The summed E-state index contributed by atoms with van der Waals surface area (Å²) in [7, 11) is 0. The lowest BCUT2D eigenvalue weighted by molar-refractivity contribution is -0.137. The van der Waals surface area contributed by atoms with Crippen LogP contribution in [0.25, 0.3) is 5.65 Å².